The standard InChI is InChI=1S/C16H26BrNO2S/c1-5-15(6-2)18(12-13(3)4)21(19,20)16-9-7-14(11-17)8-10-16/h7-10,13,15H,5-6,11-12H2,1-4H3. The van der Waals surface area contributed by atoms with E-state index < -0.39 is 10.0 Å². The van der Waals surface area contributed by atoms with E-state index in [2.05, 4.69) is 29.8 Å². The molecule has 0 N–H and O–H groups in total. The molecule has 0 aromatic heterocycles. The number of hydrogen-bond donors (Lipinski definition) is 0. The number of benzene rings is 1. The van der Waals surface area contributed by atoms with Crippen LogP contribution in [0.15, 0.2) is 29.2 Å². The largest absolute Gasteiger partial charge is 0.243 e. The molecule has 5 heteroatoms. The average molecular weight is 376 g/mol. The van der Waals surface area contributed by atoms with E-state index in [0.29, 0.717) is 17.4 Å². The highest BCUT2D eigenvalue weighted by atomic mass is 79.9. The highest BCUT2D eigenvalue weighted by Gasteiger charge is 2.30. The summed E-state index contributed by atoms with van der Waals surface area (Å²) in [6.45, 7) is 8.77. The zero-order chi connectivity index (χ0) is 16.0. The molecular weight excluding hydrogens is 350 g/mol. The molecule has 0 atom stereocenters. The minimum atomic E-state index is -3.43. The predicted octanol–water partition coefficient (Wildman–Crippen LogP) is 4.42. The van der Waals surface area contributed by atoms with Crippen LogP contribution in [0.1, 0.15) is 46.1 Å². The van der Waals surface area contributed by atoms with Crippen LogP contribution < -0.4 is 0 Å². The molecule has 1 rings (SSSR count). The molecule has 1 aromatic carbocycles. The first kappa shape index (κ1) is 18.7. The minimum Gasteiger partial charge on any atom is -0.207 e. The molecule has 0 amide bonds. The van der Waals surface area contributed by atoms with Gasteiger partial charge in [-0.15, -0.1) is 0 Å². The second-order valence-electron chi connectivity index (χ2n) is 5.72. The van der Waals surface area contributed by atoms with Gasteiger partial charge in [0.25, 0.3) is 0 Å². The molecule has 120 valence electrons. The second-order valence-corrected chi connectivity index (χ2v) is 8.17. The molecule has 0 saturated carbocycles. The minimum absolute atomic E-state index is 0.0632. The van der Waals surface area contributed by atoms with Gasteiger partial charge in [-0.25, -0.2) is 8.42 Å². The van der Waals surface area contributed by atoms with E-state index in [1.54, 1.807) is 16.4 Å². The third kappa shape index (κ3) is 4.80. The lowest BCUT2D eigenvalue weighted by molar-refractivity contribution is 0.277. The fourth-order valence-electron chi connectivity index (χ4n) is 2.39. The quantitative estimate of drug-likeness (QED) is 0.630. The summed E-state index contributed by atoms with van der Waals surface area (Å²) in [6.07, 6.45) is 1.67. The van der Waals surface area contributed by atoms with Gasteiger partial charge in [-0.05, 0) is 36.5 Å². The maximum Gasteiger partial charge on any atom is 0.243 e. The van der Waals surface area contributed by atoms with Crippen LogP contribution in [0.5, 0.6) is 0 Å². The summed E-state index contributed by atoms with van der Waals surface area (Å²) in [6, 6.07) is 7.21. The summed E-state index contributed by atoms with van der Waals surface area (Å²) in [5.41, 5.74) is 1.08. The normalized spacial score (nSPS) is 12.6. The maximum atomic E-state index is 12.9. The Balaban J connectivity index is 3.18. The Morgan fingerprint density at radius 1 is 1.10 bits per heavy atom. The third-order valence-corrected chi connectivity index (χ3v) is 6.16. The molecule has 0 heterocycles. The summed E-state index contributed by atoms with van der Waals surface area (Å²) in [4.78, 5) is 0.389. The van der Waals surface area contributed by atoms with Crippen molar-refractivity contribution in [1.29, 1.82) is 0 Å². The van der Waals surface area contributed by atoms with Crippen LogP contribution in [0.25, 0.3) is 0 Å². The van der Waals surface area contributed by atoms with Crippen LogP contribution in [0.2, 0.25) is 0 Å². The average Bonchev–Trinajstić information content (AvgIpc) is 2.47. The van der Waals surface area contributed by atoms with Crippen LogP contribution >= 0.6 is 15.9 Å². The smallest absolute Gasteiger partial charge is 0.207 e. The monoisotopic (exact) mass is 375 g/mol. The van der Waals surface area contributed by atoms with E-state index in [9.17, 15) is 8.42 Å². The van der Waals surface area contributed by atoms with Crippen molar-refractivity contribution in [3.05, 3.63) is 29.8 Å². The highest BCUT2D eigenvalue weighted by Crippen LogP contribution is 2.23. The molecule has 0 aliphatic heterocycles. The number of alkyl halides is 1. The topological polar surface area (TPSA) is 37.4 Å². The van der Waals surface area contributed by atoms with Gasteiger partial charge < -0.3 is 0 Å². The van der Waals surface area contributed by atoms with Crippen molar-refractivity contribution >= 4 is 26.0 Å². The molecule has 0 spiro atoms. The number of sulfonamides is 1. The Kier molecular flexibility index (Phi) is 7.37. The van der Waals surface area contributed by atoms with E-state index >= 15 is 0 Å². The first-order valence-electron chi connectivity index (χ1n) is 7.53. The van der Waals surface area contributed by atoms with Crippen molar-refractivity contribution in [2.24, 2.45) is 5.92 Å². The first-order valence-corrected chi connectivity index (χ1v) is 10.1. The summed E-state index contributed by atoms with van der Waals surface area (Å²) < 4.78 is 27.6. The lowest BCUT2D eigenvalue weighted by atomic mass is 10.1. The van der Waals surface area contributed by atoms with E-state index in [1.165, 1.54) is 0 Å². The first-order chi connectivity index (χ1) is 9.86. The van der Waals surface area contributed by atoms with Crippen molar-refractivity contribution in [1.82, 2.24) is 4.31 Å². The van der Waals surface area contributed by atoms with Crippen molar-refractivity contribution in [3.8, 4) is 0 Å². The van der Waals surface area contributed by atoms with Crippen molar-refractivity contribution < 1.29 is 8.42 Å². The Labute approximate surface area is 137 Å². The zero-order valence-electron chi connectivity index (χ0n) is 13.3. The van der Waals surface area contributed by atoms with Gasteiger partial charge in [0, 0.05) is 17.9 Å². The third-order valence-electron chi connectivity index (χ3n) is 3.58. The summed E-state index contributed by atoms with van der Waals surface area (Å²) in [5, 5.41) is 0.732. The van der Waals surface area contributed by atoms with Crippen LogP contribution in [-0.2, 0) is 15.4 Å². The fraction of sp³-hybridized carbons (Fsp3) is 0.625. The van der Waals surface area contributed by atoms with Gasteiger partial charge in [-0.2, -0.15) is 4.31 Å². The van der Waals surface area contributed by atoms with E-state index in [1.807, 2.05) is 26.0 Å². The summed E-state index contributed by atoms with van der Waals surface area (Å²) in [7, 11) is -3.43. The number of nitrogens with zero attached hydrogens (tertiary/aromatic N) is 1. The number of hydrogen-bond acceptors (Lipinski definition) is 2. The Morgan fingerprint density at radius 3 is 2.00 bits per heavy atom. The SMILES string of the molecule is CCC(CC)N(CC(C)C)S(=O)(=O)c1ccc(CBr)cc1. The zero-order valence-corrected chi connectivity index (χ0v) is 15.7. The Bertz CT molecular complexity index is 522. The van der Waals surface area contributed by atoms with Gasteiger partial charge in [-0.3, -0.25) is 0 Å². The molecule has 21 heavy (non-hydrogen) atoms. The Morgan fingerprint density at radius 2 is 1.62 bits per heavy atom. The molecule has 0 fully saturated rings. The van der Waals surface area contributed by atoms with E-state index in [0.717, 1.165) is 23.7 Å². The summed E-state index contributed by atoms with van der Waals surface area (Å²) in [5.74, 6) is 0.308. The van der Waals surface area contributed by atoms with Crippen molar-refractivity contribution in [3.63, 3.8) is 0 Å². The second kappa shape index (κ2) is 8.30. The molecule has 0 unspecified atom stereocenters. The van der Waals surface area contributed by atoms with Crippen molar-refractivity contribution in [2.45, 2.75) is 56.8 Å². The van der Waals surface area contributed by atoms with Gasteiger partial charge in [0.1, 0.15) is 0 Å². The van der Waals surface area contributed by atoms with Crippen LogP contribution in [0, 0.1) is 5.92 Å². The fourth-order valence-corrected chi connectivity index (χ4v) is 4.69. The van der Waals surface area contributed by atoms with Crippen LogP contribution in [0.3, 0.4) is 0 Å². The summed E-state index contributed by atoms with van der Waals surface area (Å²) >= 11 is 3.38. The van der Waals surface area contributed by atoms with Crippen LogP contribution in [-0.4, -0.2) is 25.3 Å². The predicted molar refractivity (Wildman–Crippen MR) is 92.2 cm³/mol. The van der Waals surface area contributed by atoms with Gasteiger partial charge >= 0.3 is 0 Å². The van der Waals surface area contributed by atoms with Gasteiger partial charge in [0.15, 0.2) is 0 Å². The van der Waals surface area contributed by atoms with Gasteiger partial charge in [-0.1, -0.05) is 55.8 Å². The van der Waals surface area contributed by atoms with Gasteiger partial charge in [0.2, 0.25) is 10.0 Å². The van der Waals surface area contributed by atoms with Crippen molar-refractivity contribution in [2.75, 3.05) is 6.54 Å². The molecule has 0 saturated heterocycles. The van der Waals surface area contributed by atoms with E-state index in [-0.39, 0.29) is 6.04 Å². The molecule has 1 aromatic rings. The number of rotatable bonds is 8. The van der Waals surface area contributed by atoms with E-state index in [4.69, 9.17) is 0 Å². The lowest BCUT2D eigenvalue weighted by Gasteiger charge is -2.31. The molecule has 0 radical (unpaired) electrons. The van der Waals surface area contributed by atoms with Crippen LogP contribution in [0.4, 0.5) is 0 Å². The molecule has 0 aliphatic rings. The molecule has 0 aliphatic carbocycles. The lowest BCUT2D eigenvalue weighted by Crippen LogP contribution is -2.41. The Hall–Kier alpha value is -0.390. The molecule has 3 nitrogen and oxygen atoms in total. The highest BCUT2D eigenvalue weighted by molar-refractivity contribution is 9.08. The molecule has 0 bridgehead atoms. The van der Waals surface area contributed by atoms with Gasteiger partial charge in [0.05, 0.1) is 4.90 Å². The number of halogens is 1. The maximum absolute atomic E-state index is 12.9. The molecular formula is C16H26BrNO2S.